The van der Waals surface area contributed by atoms with E-state index in [9.17, 15) is 4.79 Å². The minimum absolute atomic E-state index is 0.290. The Morgan fingerprint density at radius 2 is 2.00 bits per heavy atom. The molecule has 0 spiro atoms. The van der Waals surface area contributed by atoms with Gasteiger partial charge in [-0.1, -0.05) is 25.5 Å². The molecule has 0 aliphatic carbocycles. The van der Waals surface area contributed by atoms with Crippen molar-refractivity contribution in [1.29, 1.82) is 0 Å². The summed E-state index contributed by atoms with van der Waals surface area (Å²) in [7, 11) is 0. The average molecular weight is 259 g/mol. The lowest BCUT2D eigenvalue weighted by Crippen LogP contribution is -2.32. The van der Waals surface area contributed by atoms with Gasteiger partial charge < -0.3 is 9.64 Å². The van der Waals surface area contributed by atoms with Gasteiger partial charge in [0.1, 0.15) is 0 Å². The van der Waals surface area contributed by atoms with E-state index in [1.54, 1.807) is 0 Å². The van der Waals surface area contributed by atoms with Crippen molar-refractivity contribution in [2.45, 2.75) is 45.6 Å². The highest BCUT2D eigenvalue weighted by molar-refractivity contribution is 5.98. The molecule has 3 rings (SSSR count). The van der Waals surface area contributed by atoms with Crippen molar-refractivity contribution in [3.63, 3.8) is 0 Å². The number of carbonyl (C=O) groups is 1. The van der Waals surface area contributed by atoms with E-state index in [-0.39, 0.29) is 5.91 Å². The van der Waals surface area contributed by atoms with Crippen molar-refractivity contribution in [3.8, 4) is 0 Å². The molecule has 19 heavy (non-hydrogen) atoms. The number of aryl methyl sites for hydroxylation is 1. The molecule has 1 aromatic carbocycles. The van der Waals surface area contributed by atoms with Gasteiger partial charge >= 0.3 is 0 Å². The van der Waals surface area contributed by atoms with Crippen LogP contribution in [0.15, 0.2) is 12.1 Å². The number of rotatable bonds is 5. The topological polar surface area (TPSA) is 29.5 Å². The number of anilines is 1. The second-order valence-corrected chi connectivity index (χ2v) is 5.46. The summed E-state index contributed by atoms with van der Waals surface area (Å²) >= 11 is 0. The lowest BCUT2D eigenvalue weighted by molar-refractivity contribution is -0.118. The van der Waals surface area contributed by atoms with Crippen molar-refractivity contribution in [2.24, 2.45) is 0 Å². The van der Waals surface area contributed by atoms with Crippen LogP contribution >= 0.6 is 0 Å². The normalized spacial score (nSPS) is 16.9. The summed E-state index contributed by atoms with van der Waals surface area (Å²) in [5.41, 5.74) is 5.14. The predicted molar refractivity (Wildman–Crippen MR) is 75.4 cm³/mol. The molecule has 0 N–H and O–H groups in total. The van der Waals surface area contributed by atoms with Crippen molar-refractivity contribution in [2.75, 3.05) is 18.1 Å². The van der Waals surface area contributed by atoms with E-state index in [4.69, 9.17) is 4.74 Å². The van der Waals surface area contributed by atoms with Gasteiger partial charge in [-0.05, 0) is 36.0 Å². The molecule has 0 unspecified atom stereocenters. The zero-order valence-electron chi connectivity index (χ0n) is 11.6. The Bertz CT molecular complexity index is 496. The molecular formula is C16H21NO2. The Morgan fingerprint density at radius 1 is 1.21 bits per heavy atom. The second kappa shape index (κ2) is 5.33. The maximum Gasteiger partial charge on any atom is 0.227 e. The van der Waals surface area contributed by atoms with E-state index < -0.39 is 0 Å². The maximum absolute atomic E-state index is 11.9. The van der Waals surface area contributed by atoms with Crippen molar-refractivity contribution in [3.05, 3.63) is 28.8 Å². The first-order valence-corrected chi connectivity index (χ1v) is 7.32. The van der Waals surface area contributed by atoms with Gasteiger partial charge in [0.2, 0.25) is 5.91 Å². The lowest BCUT2D eigenvalue weighted by Gasteiger charge is -2.25. The SMILES string of the molecule is CCCCOCc1cc2c3c(c1)CCN3C(=O)CC2. The number of unbranched alkanes of at least 4 members (excludes halogenated alkanes) is 1. The second-order valence-electron chi connectivity index (χ2n) is 5.46. The molecule has 0 radical (unpaired) electrons. The van der Waals surface area contributed by atoms with Crippen LogP contribution in [0, 0.1) is 0 Å². The molecule has 0 atom stereocenters. The predicted octanol–water partition coefficient (Wildman–Crippen LogP) is 2.84. The Kier molecular flexibility index (Phi) is 3.56. The molecule has 0 fully saturated rings. The smallest absolute Gasteiger partial charge is 0.227 e. The molecule has 2 heterocycles. The molecule has 0 saturated heterocycles. The molecule has 3 heteroatoms. The minimum Gasteiger partial charge on any atom is -0.377 e. The van der Waals surface area contributed by atoms with Crippen LogP contribution in [0.5, 0.6) is 0 Å². The van der Waals surface area contributed by atoms with Crippen molar-refractivity contribution in [1.82, 2.24) is 0 Å². The maximum atomic E-state index is 11.9. The van der Waals surface area contributed by atoms with Crippen LogP contribution in [-0.4, -0.2) is 19.1 Å². The molecule has 3 nitrogen and oxygen atoms in total. The van der Waals surface area contributed by atoms with Gasteiger partial charge in [-0.3, -0.25) is 4.79 Å². The van der Waals surface area contributed by atoms with E-state index in [1.807, 2.05) is 4.90 Å². The van der Waals surface area contributed by atoms with Gasteiger partial charge in [-0.25, -0.2) is 0 Å². The van der Waals surface area contributed by atoms with Gasteiger partial charge in [0.25, 0.3) is 0 Å². The summed E-state index contributed by atoms with van der Waals surface area (Å²) in [4.78, 5) is 13.8. The van der Waals surface area contributed by atoms with E-state index in [0.29, 0.717) is 13.0 Å². The molecule has 0 aromatic heterocycles. The number of hydrogen-bond donors (Lipinski definition) is 0. The van der Waals surface area contributed by atoms with E-state index in [0.717, 1.165) is 32.4 Å². The highest BCUT2D eigenvalue weighted by Crippen LogP contribution is 2.37. The first-order chi connectivity index (χ1) is 9.29. The Morgan fingerprint density at radius 3 is 2.79 bits per heavy atom. The van der Waals surface area contributed by atoms with Crippen LogP contribution in [0.25, 0.3) is 0 Å². The summed E-state index contributed by atoms with van der Waals surface area (Å²) in [6, 6.07) is 4.46. The zero-order valence-corrected chi connectivity index (χ0v) is 11.6. The Hall–Kier alpha value is -1.35. The summed E-state index contributed by atoms with van der Waals surface area (Å²) in [5.74, 6) is 0.290. The van der Waals surface area contributed by atoms with Gasteiger partial charge in [0, 0.05) is 19.6 Å². The van der Waals surface area contributed by atoms with E-state index >= 15 is 0 Å². The first-order valence-electron chi connectivity index (χ1n) is 7.32. The summed E-state index contributed by atoms with van der Waals surface area (Å²) in [6.45, 7) is 4.58. The minimum atomic E-state index is 0.290. The molecular weight excluding hydrogens is 238 g/mol. The van der Waals surface area contributed by atoms with E-state index in [1.165, 1.54) is 28.8 Å². The third-order valence-corrected chi connectivity index (χ3v) is 4.02. The molecule has 1 amide bonds. The van der Waals surface area contributed by atoms with Crippen LogP contribution in [-0.2, 0) is 29.0 Å². The number of benzene rings is 1. The number of nitrogens with zero attached hydrogens (tertiary/aromatic N) is 1. The van der Waals surface area contributed by atoms with Crippen molar-refractivity contribution < 1.29 is 9.53 Å². The van der Waals surface area contributed by atoms with Gasteiger partial charge in [0.05, 0.1) is 12.3 Å². The molecule has 102 valence electrons. The van der Waals surface area contributed by atoms with Crippen molar-refractivity contribution >= 4 is 11.6 Å². The third-order valence-electron chi connectivity index (χ3n) is 4.02. The lowest BCUT2D eigenvalue weighted by atomic mass is 9.97. The number of carbonyl (C=O) groups excluding carboxylic acids is 1. The summed E-state index contributed by atoms with van der Waals surface area (Å²) in [5, 5.41) is 0. The molecule has 2 aliphatic rings. The van der Waals surface area contributed by atoms with Gasteiger partial charge in [-0.15, -0.1) is 0 Å². The third kappa shape index (κ3) is 2.39. The standard InChI is InChI=1S/C16H21NO2/c1-2-3-8-19-11-12-9-13-4-5-15(18)17-7-6-14(10-12)16(13)17/h9-10H,2-8,11H2,1H3. The van der Waals surface area contributed by atoms with Crippen LogP contribution in [0.1, 0.15) is 42.9 Å². The quantitative estimate of drug-likeness (QED) is 0.761. The van der Waals surface area contributed by atoms with Gasteiger partial charge in [-0.2, -0.15) is 0 Å². The highest BCUT2D eigenvalue weighted by Gasteiger charge is 2.31. The Labute approximate surface area is 114 Å². The fourth-order valence-electron chi connectivity index (χ4n) is 3.05. The Balaban J connectivity index is 1.77. The largest absolute Gasteiger partial charge is 0.377 e. The van der Waals surface area contributed by atoms with Crippen LogP contribution in [0.2, 0.25) is 0 Å². The van der Waals surface area contributed by atoms with Crippen LogP contribution in [0.4, 0.5) is 5.69 Å². The number of ether oxygens (including phenoxy) is 1. The van der Waals surface area contributed by atoms with Crippen LogP contribution < -0.4 is 4.90 Å². The fourth-order valence-corrected chi connectivity index (χ4v) is 3.05. The molecule has 0 bridgehead atoms. The zero-order chi connectivity index (χ0) is 13.2. The van der Waals surface area contributed by atoms with Gasteiger partial charge in [0.15, 0.2) is 0 Å². The number of hydrogen-bond acceptors (Lipinski definition) is 2. The number of amides is 1. The molecule has 0 saturated carbocycles. The monoisotopic (exact) mass is 259 g/mol. The molecule has 1 aromatic rings. The van der Waals surface area contributed by atoms with E-state index in [2.05, 4.69) is 19.1 Å². The highest BCUT2D eigenvalue weighted by atomic mass is 16.5. The average Bonchev–Trinajstić information content (AvgIpc) is 2.84. The summed E-state index contributed by atoms with van der Waals surface area (Å²) < 4.78 is 5.70. The fraction of sp³-hybridized carbons (Fsp3) is 0.562. The summed E-state index contributed by atoms with van der Waals surface area (Å²) in [6.07, 6.45) is 4.84. The molecule has 2 aliphatic heterocycles. The van der Waals surface area contributed by atoms with Crippen LogP contribution in [0.3, 0.4) is 0 Å². The first kappa shape index (κ1) is 12.7.